The first kappa shape index (κ1) is 47.4. The Morgan fingerprint density at radius 1 is 0.593 bits per heavy atom. The van der Waals surface area contributed by atoms with E-state index in [1.54, 1.807) is 15.9 Å². The molecule has 15 heteroatoms. The van der Waals surface area contributed by atoms with E-state index in [2.05, 4.69) is 21.2 Å². The predicted octanol–water partition coefficient (Wildman–Crippen LogP) is 4.87. The number of morpholine rings is 2. The zero-order chi connectivity index (χ0) is 43.2. The number of hydrogen-bond donors (Lipinski definition) is 2. The first-order valence-electron chi connectivity index (χ1n) is 20.9. The van der Waals surface area contributed by atoms with Crippen LogP contribution in [0.25, 0.3) is 0 Å². The lowest BCUT2D eigenvalue weighted by Gasteiger charge is -2.36. The van der Waals surface area contributed by atoms with Gasteiger partial charge < -0.3 is 44.1 Å². The summed E-state index contributed by atoms with van der Waals surface area (Å²) in [6.07, 6.45) is -0.542. The van der Waals surface area contributed by atoms with E-state index in [-0.39, 0.29) is 18.1 Å². The molecule has 2 aromatic carbocycles. The number of carbonyl (C=O) groups excluding carboxylic acids is 3. The first-order chi connectivity index (χ1) is 27.9. The molecule has 4 fully saturated rings. The van der Waals surface area contributed by atoms with Gasteiger partial charge >= 0.3 is 18.2 Å². The smallest absolute Gasteiger partial charge is 0.410 e. The second-order valence-corrected chi connectivity index (χ2v) is 17.4. The van der Waals surface area contributed by atoms with E-state index >= 15 is 0 Å². The number of ether oxygens (including phenoxy) is 4. The molecule has 0 spiro atoms. The highest BCUT2D eigenvalue weighted by atomic mass is 16.6. The van der Waals surface area contributed by atoms with Crippen molar-refractivity contribution in [1.29, 1.82) is 0 Å². The molecule has 3 amide bonds. The summed E-state index contributed by atoms with van der Waals surface area (Å²) >= 11 is 0. The number of aromatic carboxylic acids is 1. The molecule has 2 aromatic rings. The third kappa shape index (κ3) is 16.4. The number of nitrogens with one attached hydrogen (secondary N) is 1. The number of carbonyl (C=O) groups is 4. The van der Waals surface area contributed by atoms with Crippen LogP contribution in [0.5, 0.6) is 0 Å². The van der Waals surface area contributed by atoms with E-state index in [4.69, 9.17) is 18.9 Å². The Morgan fingerprint density at radius 2 is 1.00 bits per heavy atom. The van der Waals surface area contributed by atoms with Crippen molar-refractivity contribution < 1.29 is 43.2 Å². The van der Waals surface area contributed by atoms with Crippen LogP contribution in [-0.4, -0.2) is 170 Å². The molecule has 4 aliphatic rings. The summed E-state index contributed by atoms with van der Waals surface area (Å²) in [6.45, 7) is 28.2. The number of nitrogens with zero attached hydrogens (tertiary/aromatic N) is 5. The van der Waals surface area contributed by atoms with Crippen LogP contribution in [0.4, 0.5) is 9.59 Å². The fourth-order valence-corrected chi connectivity index (χ4v) is 6.89. The molecule has 15 nitrogen and oxygen atoms in total. The SMILES string of the molecule is C1COCCN1.Cc1ccc(C(=O)N2CCOCC2)c(CN2CCN(C(=O)OC(C)(C)C)CC2)c1.Cc1ccc(C(=O)O)c(CN2CCN(C(=O)OC(C)(C)C)CC2)c1. The largest absolute Gasteiger partial charge is 0.478 e. The van der Waals surface area contributed by atoms with Crippen molar-refractivity contribution in [3.63, 3.8) is 0 Å². The molecule has 2 N–H and O–H groups in total. The number of piperazine rings is 2. The third-order valence-electron chi connectivity index (χ3n) is 9.96. The lowest BCUT2D eigenvalue weighted by Crippen LogP contribution is -2.49. The fraction of sp³-hybridized carbons (Fsp3) is 0.636. The standard InChI is InChI=1S/C22H33N3O4.C18H26N2O4.C4H9NO/c1-17-5-6-19(20(26)24-11-13-28-14-12-24)18(15-17)16-23-7-9-25(10-8-23)21(27)29-22(2,3)4;1-13-5-6-15(16(21)22)14(11-13)12-19-7-9-20(10-8-19)17(23)24-18(2,3)4;1-3-6-4-2-5-1/h5-6,15H,7-14,16H2,1-4H3;5-6,11H,7-10,12H2,1-4H3,(H,21,22);5H,1-4H2. The Labute approximate surface area is 350 Å². The van der Waals surface area contributed by atoms with Crippen molar-refractivity contribution in [3.8, 4) is 0 Å². The Kier molecular flexibility index (Phi) is 18.0. The zero-order valence-corrected chi connectivity index (χ0v) is 36.6. The molecule has 0 aromatic heterocycles. The van der Waals surface area contributed by atoms with Gasteiger partial charge in [0.1, 0.15) is 11.2 Å². The summed E-state index contributed by atoms with van der Waals surface area (Å²) in [4.78, 5) is 58.5. The quantitative estimate of drug-likeness (QED) is 0.409. The molecule has 0 radical (unpaired) electrons. The molecular formula is C44H68N6O9. The molecular weight excluding hydrogens is 757 g/mol. The summed E-state index contributed by atoms with van der Waals surface area (Å²) in [7, 11) is 0. The summed E-state index contributed by atoms with van der Waals surface area (Å²) in [5, 5.41) is 12.5. The Hall–Kier alpha value is -4.28. The number of hydrogen-bond acceptors (Lipinski definition) is 11. The molecule has 0 saturated carbocycles. The van der Waals surface area contributed by atoms with Gasteiger partial charge in [-0.15, -0.1) is 0 Å². The van der Waals surface area contributed by atoms with E-state index < -0.39 is 17.2 Å². The van der Waals surface area contributed by atoms with Gasteiger partial charge in [-0.2, -0.15) is 0 Å². The number of amides is 3. The van der Waals surface area contributed by atoms with Gasteiger partial charge in [0, 0.05) is 97.2 Å². The van der Waals surface area contributed by atoms with Gasteiger partial charge in [-0.05, 0) is 78.6 Å². The number of carboxylic acids is 1. The van der Waals surface area contributed by atoms with Crippen LogP contribution in [-0.2, 0) is 32.0 Å². The lowest BCUT2D eigenvalue weighted by atomic mass is 10.0. The van der Waals surface area contributed by atoms with Gasteiger partial charge in [0.05, 0.1) is 32.0 Å². The average Bonchev–Trinajstić information content (AvgIpc) is 3.18. The summed E-state index contributed by atoms with van der Waals surface area (Å²) in [5.41, 5.74) is 4.19. The molecule has 0 aliphatic carbocycles. The van der Waals surface area contributed by atoms with E-state index in [0.29, 0.717) is 84.2 Å². The van der Waals surface area contributed by atoms with Crippen LogP contribution in [0.1, 0.15) is 84.5 Å². The maximum Gasteiger partial charge on any atom is 0.410 e. The van der Waals surface area contributed by atoms with Crippen LogP contribution in [0.15, 0.2) is 36.4 Å². The van der Waals surface area contributed by atoms with Gasteiger partial charge in [-0.25, -0.2) is 14.4 Å². The van der Waals surface area contributed by atoms with Gasteiger partial charge in [0.25, 0.3) is 5.91 Å². The molecule has 4 aliphatic heterocycles. The molecule has 0 atom stereocenters. The van der Waals surface area contributed by atoms with E-state index in [0.717, 1.165) is 67.2 Å². The van der Waals surface area contributed by atoms with Gasteiger partial charge in [0.2, 0.25) is 0 Å². The van der Waals surface area contributed by atoms with Crippen LogP contribution >= 0.6 is 0 Å². The second-order valence-electron chi connectivity index (χ2n) is 17.4. The van der Waals surface area contributed by atoms with Crippen LogP contribution in [0.2, 0.25) is 0 Å². The molecule has 328 valence electrons. The highest BCUT2D eigenvalue weighted by molar-refractivity contribution is 5.96. The molecule has 0 bridgehead atoms. The van der Waals surface area contributed by atoms with Crippen molar-refractivity contribution >= 4 is 24.1 Å². The molecule has 4 saturated heterocycles. The maximum absolute atomic E-state index is 13.0. The maximum atomic E-state index is 13.0. The topological polar surface area (TPSA) is 154 Å². The first-order valence-corrected chi connectivity index (χ1v) is 20.9. The van der Waals surface area contributed by atoms with Crippen molar-refractivity contribution in [2.75, 3.05) is 105 Å². The summed E-state index contributed by atoms with van der Waals surface area (Å²) < 4.78 is 21.2. The summed E-state index contributed by atoms with van der Waals surface area (Å²) in [6, 6.07) is 11.4. The van der Waals surface area contributed by atoms with Crippen molar-refractivity contribution in [3.05, 3.63) is 69.8 Å². The molecule has 0 unspecified atom stereocenters. The van der Waals surface area contributed by atoms with E-state index in [1.165, 1.54) is 0 Å². The predicted molar refractivity (Wildman–Crippen MR) is 226 cm³/mol. The minimum Gasteiger partial charge on any atom is -0.478 e. The summed E-state index contributed by atoms with van der Waals surface area (Å²) in [5.74, 6) is -0.826. The molecule has 59 heavy (non-hydrogen) atoms. The van der Waals surface area contributed by atoms with Crippen LogP contribution in [0, 0.1) is 13.8 Å². The van der Waals surface area contributed by atoms with E-state index in [9.17, 15) is 24.3 Å². The zero-order valence-electron chi connectivity index (χ0n) is 36.6. The van der Waals surface area contributed by atoms with Gasteiger partial charge in [-0.1, -0.05) is 35.4 Å². The highest BCUT2D eigenvalue weighted by Crippen LogP contribution is 2.20. The van der Waals surface area contributed by atoms with E-state index in [1.807, 2.05) is 84.6 Å². The lowest BCUT2D eigenvalue weighted by molar-refractivity contribution is 0.0129. The van der Waals surface area contributed by atoms with Gasteiger partial charge in [0.15, 0.2) is 0 Å². The highest BCUT2D eigenvalue weighted by Gasteiger charge is 2.29. The number of carboxylic acid groups (broad SMARTS) is 1. The van der Waals surface area contributed by atoms with Crippen molar-refractivity contribution in [1.82, 2.24) is 29.8 Å². The van der Waals surface area contributed by atoms with Crippen LogP contribution in [0.3, 0.4) is 0 Å². The average molecular weight is 825 g/mol. The fourth-order valence-electron chi connectivity index (χ4n) is 6.89. The Balaban J connectivity index is 0.000000231. The van der Waals surface area contributed by atoms with Gasteiger partial charge in [-0.3, -0.25) is 14.6 Å². The minimum absolute atomic E-state index is 0.0793. The Morgan fingerprint density at radius 3 is 1.37 bits per heavy atom. The second kappa shape index (κ2) is 22.4. The van der Waals surface area contributed by atoms with Crippen molar-refractivity contribution in [2.24, 2.45) is 0 Å². The van der Waals surface area contributed by atoms with Crippen molar-refractivity contribution in [2.45, 2.75) is 79.7 Å². The molecule has 4 heterocycles. The normalized spacial score (nSPS) is 18.1. The van der Waals surface area contributed by atoms with Crippen LogP contribution < -0.4 is 5.32 Å². The number of aryl methyl sites for hydroxylation is 2. The monoisotopic (exact) mass is 825 g/mol. The third-order valence-corrected chi connectivity index (χ3v) is 9.96. The minimum atomic E-state index is -0.905. The molecule has 6 rings (SSSR count). The number of rotatable bonds is 6. The number of benzene rings is 2. The Bertz CT molecular complexity index is 1670.